The highest BCUT2D eigenvalue weighted by Crippen LogP contribution is 2.22. The minimum Gasteiger partial charge on any atom is -0.479 e. The third-order valence-corrected chi connectivity index (χ3v) is 2.35. The first-order valence-electron chi connectivity index (χ1n) is 4.50. The van der Waals surface area contributed by atoms with Crippen molar-refractivity contribution in [1.82, 2.24) is 6.15 Å². The number of aliphatic hydroxyl groups is 4. The van der Waals surface area contributed by atoms with Gasteiger partial charge < -0.3 is 36.4 Å². The highest BCUT2D eigenvalue weighted by atomic mass is 16.6. The summed E-state index contributed by atoms with van der Waals surface area (Å²) in [6.07, 6.45) is -6.93. The van der Waals surface area contributed by atoms with E-state index in [4.69, 9.17) is 14.9 Å². The van der Waals surface area contributed by atoms with Crippen LogP contribution in [0.3, 0.4) is 0 Å². The second-order valence-electron chi connectivity index (χ2n) is 3.47. The predicted molar refractivity (Wildman–Crippen MR) is 52.0 cm³/mol. The van der Waals surface area contributed by atoms with Crippen LogP contribution in [-0.4, -0.2) is 68.6 Å². The van der Waals surface area contributed by atoms with Gasteiger partial charge in [-0.3, -0.25) is 0 Å². The molecule has 0 bridgehead atoms. The maximum atomic E-state index is 10.6. The Bertz CT molecular complexity index is 236. The quantitative estimate of drug-likeness (QED) is 0.322. The maximum absolute atomic E-state index is 10.6. The molecular weight excluding hydrogens is 222 g/mol. The van der Waals surface area contributed by atoms with E-state index in [9.17, 15) is 20.1 Å². The summed E-state index contributed by atoms with van der Waals surface area (Å²) in [4.78, 5) is 10.6. The van der Waals surface area contributed by atoms with E-state index in [2.05, 4.69) is 0 Å². The number of quaternary nitrogens is 1. The maximum Gasteiger partial charge on any atom is 0.332 e. The molecule has 1 rings (SSSR count). The van der Waals surface area contributed by atoms with Crippen molar-refractivity contribution in [2.75, 3.05) is 6.61 Å². The largest absolute Gasteiger partial charge is 0.479 e. The van der Waals surface area contributed by atoms with Gasteiger partial charge in [-0.15, -0.1) is 0 Å². The van der Waals surface area contributed by atoms with Gasteiger partial charge >= 0.3 is 5.97 Å². The van der Waals surface area contributed by atoms with E-state index >= 15 is 0 Å². The zero-order chi connectivity index (χ0) is 11.6. The van der Waals surface area contributed by atoms with Gasteiger partial charge in [0.15, 0.2) is 6.10 Å². The number of ether oxygens (including phenoxy) is 1. The Kier molecular flexibility index (Phi) is 5.79. The van der Waals surface area contributed by atoms with Gasteiger partial charge in [-0.1, -0.05) is 0 Å². The first-order chi connectivity index (χ1) is 6.97. The number of aliphatic carboxylic acids is 1. The van der Waals surface area contributed by atoms with Gasteiger partial charge in [-0.25, -0.2) is 4.79 Å². The van der Waals surface area contributed by atoms with Crippen LogP contribution in [0, 0.1) is 0 Å². The lowest BCUT2D eigenvalue weighted by atomic mass is 9.95. The minimum atomic E-state index is -1.42. The van der Waals surface area contributed by atoms with Crippen LogP contribution in [-0.2, 0) is 9.53 Å². The number of carbonyl (C=O) groups is 1. The van der Waals surface area contributed by atoms with Crippen molar-refractivity contribution in [3.8, 4) is 0 Å². The Hall–Kier alpha value is -0.770. The van der Waals surface area contributed by atoms with E-state index in [1.165, 1.54) is 0 Å². The van der Waals surface area contributed by atoms with Gasteiger partial charge in [-0.05, 0) is 0 Å². The molecule has 0 aliphatic carbocycles. The standard InChI is InChI=1S/C8H14O7.H3N/c9-2-4(11)7-6(12)3(10)1-5(15-7)8(13)14;/h3-7,9-12H,1-2H2,(H,13,14);1H3/p+1/t3-,4-,5-,6-,7-;/m1./s1. The van der Waals surface area contributed by atoms with E-state index in [1.54, 1.807) is 0 Å². The Labute approximate surface area is 91.7 Å². The molecule has 0 radical (unpaired) electrons. The zero-order valence-electron chi connectivity index (χ0n) is 8.85. The molecule has 0 aromatic carbocycles. The molecule has 0 spiro atoms. The van der Waals surface area contributed by atoms with E-state index in [0.717, 1.165) is 0 Å². The van der Waals surface area contributed by atoms with Crippen LogP contribution in [0.2, 0.25) is 0 Å². The predicted octanol–water partition coefficient (Wildman–Crippen LogP) is -2.32. The molecule has 16 heavy (non-hydrogen) atoms. The fourth-order valence-corrected chi connectivity index (χ4v) is 1.48. The highest BCUT2D eigenvalue weighted by Gasteiger charge is 2.42. The summed E-state index contributed by atoms with van der Waals surface area (Å²) in [5.41, 5.74) is 0. The SMILES string of the molecule is O=C(O)[C@H]1C[C@@H](O)[C@@H](O)[C@@H]([C@H](O)CO)O1.[NH4+]. The second-order valence-corrected chi connectivity index (χ2v) is 3.47. The van der Waals surface area contributed by atoms with Crippen molar-refractivity contribution in [1.29, 1.82) is 0 Å². The van der Waals surface area contributed by atoms with Crippen molar-refractivity contribution in [3.63, 3.8) is 0 Å². The fourth-order valence-electron chi connectivity index (χ4n) is 1.48. The summed E-state index contributed by atoms with van der Waals surface area (Å²) >= 11 is 0. The minimum absolute atomic E-state index is 0. The van der Waals surface area contributed by atoms with Crippen LogP contribution in [0.25, 0.3) is 0 Å². The van der Waals surface area contributed by atoms with E-state index in [1.807, 2.05) is 0 Å². The number of carboxylic acids is 1. The molecule has 8 nitrogen and oxygen atoms in total. The summed E-state index contributed by atoms with van der Waals surface area (Å²) in [6.45, 7) is -0.680. The zero-order valence-corrected chi connectivity index (χ0v) is 8.85. The lowest BCUT2D eigenvalue weighted by molar-refractivity contribution is -0.212. The molecule has 1 aliphatic rings. The lowest BCUT2D eigenvalue weighted by Crippen LogP contribution is -2.55. The summed E-state index contributed by atoms with van der Waals surface area (Å²) in [7, 11) is 0. The normalized spacial score (nSPS) is 36.2. The second kappa shape index (κ2) is 6.09. The highest BCUT2D eigenvalue weighted by molar-refractivity contribution is 5.72. The Morgan fingerprint density at radius 3 is 2.44 bits per heavy atom. The van der Waals surface area contributed by atoms with E-state index in [0.29, 0.717) is 0 Å². The van der Waals surface area contributed by atoms with Gasteiger partial charge in [0.1, 0.15) is 18.3 Å². The number of carboxylic acid groups (broad SMARTS) is 1. The van der Waals surface area contributed by atoms with Crippen LogP contribution in [0.4, 0.5) is 0 Å². The molecule has 5 atom stereocenters. The topological polar surface area (TPSA) is 164 Å². The van der Waals surface area contributed by atoms with E-state index in [-0.39, 0.29) is 12.6 Å². The van der Waals surface area contributed by atoms with Gasteiger partial charge in [0.05, 0.1) is 12.7 Å². The van der Waals surface area contributed by atoms with Gasteiger partial charge in [0, 0.05) is 6.42 Å². The van der Waals surface area contributed by atoms with Crippen molar-refractivity contribution < 1.29 is 35.1 Å². The first kappa shape index (κ1) is 15.2. The third-order valence-electron chi connectivity index (χ3n) is 2.35. The molecule has 1 heterocycles. The van der Waals surface area contributed by atoms with Crippen molar-refractivity contribution in [2.45, 2.75) is 36.9 Å². The Morgan fingerprint density at radius 2 is 2.00 bits per heavy atom. The van der Waals surface area contributed by atoms with Crippen LogP contribution < -0.4 is 6.15 Å². The molecule has 8 heteroatoms. The summed E-state index contributed by atoms with van der Waals surface area (Å²) in [5, 5.41) is 45.3. The average molecular weight is 240 g/mol. The average Bonchev–Trinajstić information content (AvgIpc) is 2.20. The number of rotatable bonds is 3. The molecule has 96 valence electrons. The molecule has 0 aromatic rings. The van der Waals surface area contributed by atoms with Crippen LogP contribution in [0.5, 0.6) is 0 Å². The molecule has 1 saturated heterocycles. The summed E-state index contributed by atoms with van der Waals surface area (Å²) < 4.78 is 4.86. The molecule has 0 amide bonds. The first-order valence-corrected chi connectivity index (χ1v) is 4.50. The van der Waals surface area contributed by atoms with Crippen molar-refractivity contribution in [2.24, 2.45) is 0 Å². The summed E-state index contributed by atoms with van der Waals surface area (Å²) in [5.74, 6) is -1.28. The molecule has 1 fully saturated rings. The number of hydrogen-bond donors (Lipinski definition) is 6. The monoisotopic (exact) mass is 240 g/mol. The van der Waals surface area contributed by atoms with Gasteiger partial charge in [0.25, 0.3) is 0 Å². The van der Waals surface area contributed by atoms with Gasteiger partial charge in [-0.2, -0.15) is 0 Å². The third kappa shape index (κ3) is 3.11. The van der Waals surface area contributed by atoms with Crippen LogP contribution >= 0.6 is 0 Å². The molecule has 0 unspecified atom stereocenters. The number of aliphatic hydroxyl groups excluding tert-OH is 4. The molecule has 0 saturated carbocycles. The van der Waals surface area contributed by atoms with Crippen LogP contribution in [0.15, 0.2) is 0 Å². The number of hydrogen-bond acceptors (Lipinski definition) is 6. The summed E-state index contributed by atoms with van der Waals surface area (Å²) in [6, 6.07) is 0. The van der Waals surface area contributed by atoms with E-state index < -0.39 is 43.1 Å². The van der Waals surface area contributed by atoms with Crippen molar-refractivity contribution >= 4 is 5.97 Å². The Balaban J connectivity index is 0.00000225. The van der Waals surface area contributed by atoms with Gasteiger partial charge in [0.2, 0.25) is 0 Å². The van der Waals surface area contributed by atoms with Crippen molar-refractivity contribution in [3.05, 3.63) is 0 Å². The smallest absolute Gasteiger partial charge is 0.332 e. The molecule has 0 aromatic heterocycles. The Morgan fingerprint density at radius 1 is 1.44 bits per heavy atom. The van der Waals surface area contributed by atoms with Crippen LogP contribution in [0.1, 0.15) is 6.42 Å². The lowest BCUT2D eigenvalue weighted by Gasteiger charge is -2.37. The molecule has 1 aliphatic heterocycles. The molecule has 9 N–H and O–H groups in total. The fraction of sp³-hybridized carbons (Fsp3) is 0.875. The molecular formula is C8H18NO7+.